The van der Waals surface area contributed by atoms with Crippen LogP contribution in [0.25, 0.3) is 0 Å². The van der Waals surface area contributed by atoms with Crippen molar-refractivity contribution in [3.05, 3.63) is 40.1 Å². The molecule has 2 unspecified atom stereocenters. The fraction of sp³-hybridized carbons (Fsp3) is 0.450. The molecule has 1 N–H and O–H groups in total. The number of piperidine rings is 1. The molecule has 0 spiro atoms. The van der Waals surface area contributed by atoms with Crippen LogP contribution in [0, 0.1) is 0 Å². The summed E-state index contributed by atoms with van der Waals surface area (Å²) >= 11 is 1.61. The van der Waals surface area contributed by atoms with Crippen molar-refractivity contribution in [1.29, 1.82) is 0 Å². The highest BCUT2D eigenvalue weighted by atomic mass is 32.1. The van der Waals surface area contributed by atoms with E-state index in [1.807, 2.05) is 23.6 Å². The summed E-state index contributed by atoms with van der Waals surface area (Å²) in [5.74, 6) is 1.05. The Morgan fingerprint density at radius 3 is 2.44 bits per heavy atom. The predicted molar refractivity (Wildman–Crippen MR) is 104 cm³/mol. The summed E-state index contributed by atoms with van der Waals surface area (Å²) in [6.45, 7) is 0.719. The smallest absolute Gasteiger partial charge is 0.320 e. The molecule has 0 bridgehead atoms. The Kier molecular flexibility index (Phi) is 6.23. The topological polar surface area (TPSA) is 68.2 Å². The molecule has 2 heterocycles. The van der Waals surface area contributed by atoms with Gasteiger partial charge in [-0.1, -0.05) is 12.5 Å². The first-order valence-corrected chi connectivity index (χ1v) is 9.80. The van der Waals surface area contributed by atoms with E-state index in [1.54, 1.807) is 38.7 Å². The molecular formula is C20H25NO5S. The van der Waals surface area contributed by atoms with Gasteiger partial charge in [-0.3, -0.25) is 9.69 Å². The maximum atomic E-state index is 11.9. The van der Waals surface area contributed by atoms with Gasteiger partial charge in [-0.2, -0.15) is 0 Å². The Morgan fingerprint density at radius 2 is 1.85 bits per heavy atom. The lowest BCUT2D eigenvalue weighted by molar-refractivity contribution is -0.145. The molecule has 1 fully saturated rings. The lowest BCUT2D eigenvalue weighted by Gasteiger charge is -2.39. The summed E-state index contributed by atoms with van der Waals surface area (Å²) in [6.07, 6.45) is 2.54. The van der Waals surface area contributed by atoms with E-state index in [9.17, 15) is 9.90 Å². The highest BCUT2D eigenvalue weighted by molar-refractivity contribution is 7.10. The minimum Gasteiger partial charge on any atom is -0.496 e. The van der Waals surface area contributed by atoms with Gasteiger partial charge in [0, 0.05) is 16.5 Å². The fourth-order valence-corrected chi connectivity index (χ4v) is 4.60. The zero-order valence-electron chi connectivity index (χ0n) is 15.8. The number of thiophene rings is 1. The summed E-state index contributed by atoms with van der Waals surface area (Å²) in [7, 11) is 4.79. The molecule has 0 aliphatic carbocycles. The van der Waals surface area contributed by atoms with Crippen molar-refractivity contribution >= 4 is 17.3 Å². The SMILES string of the molecule is COc1cc(OC)c(C(c2cccs2)N2CCCCC2C(=O)O)cc1OC. The number of hydrogen-bond acceptors (Lipinski definition) is 6. The molecule has 1 aromatic carbocycles. The van der Waals surface area contributed by atoms with Gasteiger partial charge >= 0.3 is 5.97 Å². The monoisotopic (exact) mass is 391 g/mol. The molecule has 27 heavy (non-hydrogen) atoms. The van der Waals surface area contributed by atoms with Crippen molar-refractivity contribution in [1.82, 2.24) is 4.90 Å². The van der Waals surface area contributed by atoms with Crippen LogP contribution < -0.4 is 14.2 Å². The van der Waals surface area contributed by atoms with E-state index in [2.05, 4.69) is 4.90 Å². The Balaban J connectivity index is 2.16. The van der Waals surface area contributed by atoms with E-state index in [0.717, 1.165) is 29.8 Å². The van der Waals surface area contributed by atoms with Gasteiger partial charge in [-0.25, -0.2) is 0 Å². The van der Waals surface area contributed by atoms with Gasteiger partial charge in [0.2, 0.25) is 0 Å². The highest BCUT2D eigenvalue weighted by Gasteiger charge is 2.37. The first kappa shape index (κ1) is 19.5. The molecule has 146 valence electrons. The molecule has 0 saturated carbocycles. The van der Waals surface area contributed by atoms with Crippen molar-refractivity contribution in [2.24, 2.45) is 0 Å². The van der Waals surface area contributed by atoms with Crippen LogP contribution in [0.15, 0.2) is 29.6 Å². The molecule has 1 saturated heterocycles. The minimum absolute atomic E-state index is 0.221. The first-order valence-electron chi connectivity index (χ1n) is 8.92. The van der Waals surface area contributed by atoms with Crippen molar-refractivity contribution in [2.45, 2.75) is 31.3 Å². The average molecular weight is 391 g/mol. The molecule has 2 atom stereocenters. The lowest BCUT2D eigenvalue weighted by atomic mass is 9.94. The van der Waals surface area contributed by atoms with Crippen LogP contribution in [0.3, 0.4) is 0 Å². The van der Waals surface area contributed by atoms with Gasteiger partial charge < -0.3 is 19.3 Å². The fourth-order valence-electron chi connectivity index (χ4n) is 3.74. The number of carboxylic acid groups (broad SMARTS) is 1. The second-order valence-corrected chi connectivity index (χ2v) is 7.43. The largest absolute Gasteiger partial charge is 0.496 e. The van der Waals surface area contributed by atoms with Gasteiger partial charge in [0.05, 0.1) is 27.4 Å². The summed E-state index contributed by atoms with van der Waals surface area (Å²) in [6, 6.07) is 6.98. The van der Waals surface area contributed by atoms with Crippen molar-refractivity contribution < 1.29 is 24.1 Å². The highest BCUT2D eigenvalue weighted by Crippen LogP contribution is 2.44. The molecule has 6 nitrogen and oxygen atoms in total. The van der Waals surface area contributed by atoms with Gasteiger partial charge in [0.25, 0.3) is 0 Å². The minimum atomic E-state index is -0.782. The quantitative estimate of drug-likeness (QED) is 0.774. The van der Waals surface area contributed by atoms with E-state index < -0.39 is 12.0 Å². The normalized spacial score (nSPS) is 18.7. The molecule has 1 aliphatic rings. The molecule has 3 rings (SSSR count). The number of likely N-dealkylation sites (tertiary alicyclic amines) is 1. The zero-order valence-corrected chi connectivity index (χ0v) is 16.6. The standard InChI is InChI=1S/C20H25NO5S/c1-24-15-12-17(26-3)16(25-2)11-13(15)19(18-8-6-10-27-18)21-9-5-4-7-14(21)20(22)23/h6,8,10-12,14,19H,4-5,7,9H2,1-3H3,(H,22,23). The molecule has 7 heteroatoms. The van der Waals surface area contributed by atoms with E-state index >= 15 is 0 Å². The number of carbonyl (C=O) groups is 1. The average Bonchev–Trinajstić information content (AvgIpc) is 3.22. The second-order valence-electron chi connectivity index (χ2n) is 6.45. The number of ether oxygens (including phenoxy) is 3. The number of carboxylic acids is 1. The molecule has 2 aromatic rings. The van der Waals surface area contributed by atoms with Crippen molar-refractivity contribution in [2.75, 3.05) is 27.9 Å². The van der Waals surface area contributed by atoms with Crippen LogP contribution in [0.4, 0.5) is 0 Å². The van der Waals surface area contributed by atoms with E-state index in [4.69, 9.17) is 14.2 Å². The van der Waals surface area contributed by atoms with Gasteiger partial charge in [0.1, 0.15) is 11.8 Å². The van der Waals surface area contributed by atoms with E-state index in [0.29, 0.717) is 23.7 Å². The van der Waals surface area contributed by atoms with Gasteiger partial charge in [-0.15, -0.1) is 11.3 Å². The molecule has 1 aromatic heterocycles. The Morgan fingerprint density at radius 1 is 1.15 bits per heavy atom. The number of nitrogens with zero attached hydrogens (tertiary/aromatic N) is 1. The third-order valence-electron chi connectivity index (χ3n) is 5.00. The zero-order chi connectivity index (χ0) is 19.4. The third kappa shape index (κ3) is 3.89. The lowest BCUT2D eigenvalue weighted by Crippen LogP contribution is -2.46. The Hall–Kier alpha value is -2.25. The Bertz CT molecular complexity index is 777. The Labute approximate surface area is 163 Å². The van der Waals surface area contributed by atoms with E-state index in [1.165, 1.54) is 0 Å². The van der Waals surface area contributed by atoms with E-state index in [-0.39, 0.29) is 6.04 Å². The van der Waals surface area contributed by atoms with Crippen LogP contribution in [0.5, 0.6) is 17.2 Å². The van der Waals surface area contributed by atoms with Crippen LogP contribution in [0.1, 0.15) is 35.7 Å². The maximum absolute atomic E-state index is 11.9. The predicted octanol–water partition coefficient (Wildman–Crippen LogP) is 3.80. The number of benzene rings is 1. The first-order chi connectivity index (χ1) is 13.1. The number of methoxy groups -OCH3 is 3. The summed E-state index contributed by atoms with van der Waals surface area (Å²) in [5.41, 5.74) is 0.880. The summed E-state index contributed by atoms with van der Waals surface area (Å²) < 4.78 is 16.5. The van der Waals surface area contributed by atoms with Crippen molar-refractivity contribution in [3.8, 4) is 17.2 Å². The van der Waals surface area contributed by atoms with Gasteiger partial charge in [0.15, 0.2) is 11.5 Å². The van der Waals surface area contributed by atoms with Crippen LogP contribution in [-0.4, -0.2) is 49.9 Å². The summed E-state index contributed by atoms with van der Waals surface area (Å²) in [4.78, 5) is 15.1. The molecule has 0 amide bonds. The maximum Gasteiger partial charge on any atom is 0.320 e. The molecular weight excluding hydrogens is 366 g/mol. The molecule has 1 aliphatic heterocycles. The third-order valence-corrected chi connectivity index (χ3v) is 5.93. The second kappa shape index (κ2) is 8.63. The summed E-state index contributed by atoms with van der Waals surface area (Å²) in [5, 5.41) is 11.8. The number of aliphatic carboxylic acids is 1. The number of hydrogen-bond donors (Lipinski definition) is 1. The van der Waals surface area contributed by atoms with Crippen molar-refractivity contribution in [3.63, 3.8) is 0 Å². The van der Waals surface area contributed by atoms with Crippen LogP contribution in [0.2, 0.25) is 0 Å². The number of rotatable bonds is 7. The molecule has 0 radical (unpaired) electrons. The van der Waals surface area contributed by atoms with Gasteiger partial charge in [-0.05, 0) is 36.9 Å². The van der Waals surface area contributed by atoms with Crippen LogP contribution >= 0.6 is 11.3 Å². The van der Waals surface area contributed by atoms with Crippen LogP contribution in [-0.2, 0) is 4.79 Å².